The number of anilines is 2. The Morgan fingerprint density at radius 1 is 1.00 bits per heavy atom. The molecule has 0 bridgehead atoms. The van der Waals surface area contributed by atoms with Gasteiger partial charge in [-0.05, 0) is 69.3 Å². The van der Waals surface area contributed by atoms with Crippen molar-refractivity contribution in [2.45, 2.75) is 25.7 Å². The van der Waals surface area contributed by atoms with Crippen molar-refractivity contribution in [3.8, 4) is 0 Å². The third-order valence-corrected chi connectivity index (χ3v) is 5.14. The number of furan rings is 1. The number of rotatable bonds is 6. The van der Waals surface area contributed by atoms with Gasteiger partial charge in [-0.3, -0.25) is 4.79 Å². The van der Waals surface area contributed by atoms with Gasteiger partial charge in [-0.2, -0.15) is 0 Å². The topological polar surface area (TPSA) is 114 Å². The number of carbonyl (C=O) groups excluding carboxylic acids is 1. The first-order valence-electron chi connectivity index (χ1n) is 8.72. The standard InChI is InChI=1S/C20H20N4O4S/c1-13-12-14(2)22-20(21-13)24-29(26,27)18-9-5-16(6-10-18)23-19(25)11-8-17-7-4-15(3)28-17/h4-12H,1-3H3,(H,23,25)(H,21,22,24)/b11-8+. The number of benzene rings is 1. The highest BCUT2D eigenvalue weighted by Crippen LogP contribution is 2.17. The molecular weight excluding hydrogens is 392 g/mol. The Hall–Kier alpha value is -3.46. The first-order valence-corrected chi connectivity index (χ1v) is 10.2. The van der Waals surface area contributed by atoms with E-state index in [0.717, 1.165) is 5.76 Å². The maximum Gasteiger partial charge on any atom is 0.264 e. The van der Waals surface area contributed by atoms with E-state index in [1.807, 2.05) is 6.92 Å². The molecule has 0 aliphatic carbocycles. The molecule has 2 N–H and O–H groups in total. The highest BCUT2D eigenvalue weighted by molar-refractivity contribution is 7.92. The van der Waals surface area contributed by atoms with Crippen molar-refractivity contribution < 1.29 is 17.6 Å². The van der Waals surface area contributed by atoms with Gasteiger partial charge in [0.25, 0.3) is 10.0 Å². The maximum atomic E-state index is 12.5. The zero-order valence-electron chi connectivity index (χ0n) is 16.1. The molecule has 9 heteroatoms. The van der Waals surface area contributed by atoms with E-state index >= 15 is 0 Å². The largest absolute Gasteiger partial charge is 0.462 e. The minimum Gasteiger partial charge on any atom is -0.462 e. The van der Waals surface area contributed by atoms with Crippen molar-refractivity contribution in [2.75, 3.05) is 10.0 Å². The van der Waals surface area contributed by atoms with E-state index in [1.165, 1.54) is 30.3 Å². The molecule has 0 atom stereocenters. The van der Waals surface area contributed by atoms with E-state index < -0.39 is 10.0 Å². The number of nitrogens with zero attached hydrogens (tertiary/aromatic N) is 2. The van der Waals surface area contributed by atoms with Gasteiger partial charge in [0.2, 0.25) is 11.9 Å². The van der Waals surface area contributed by atoms with Gasteiger partial charge < -0.3 is 9.73 Å². The molecule has 8 nitrogen and oxygen atoms in total. The zero-order valence-corrected chi connectivity index (χ0v) is 16.9. The molecule has 1 amide bonds. The molecule has 0 saturated heterocycles. The van der Waals surface area contributed by atoms with E-state index in [1.54, 1.807) is 38.1 Å². The predicted octanol–water partition coefficient (Wildman–Crippen LogP) is 3.45. The van der Waals surface area contributed by atoms with Crippen molar-refractivity contribution in [2.24, 2.45) is 0 Å². The van der Waals surface area contributed by atoms with Gasteiger partial charge in [0.05, 0.1) is 4.90 Å². The number of aromatic nitrogens is 2. The molecule has 0 aliphatic heterocycles. The van der Waals surface area contributed by atoms with Crippen molar-refractivity contribution in [3.63, 3.8) is 0 Å². The van der Waals surface area contributed by atoms with Crippen LogP contribution in [0.1, 0.15) is 22.9 Å². The summed E-state index contributed by atoms with van der Waals surface area (Å²) in [5.74, 6) is 0.968. The third-order valence-electron chi connectivity index (χ3n) is 3.80. The average molecular weight is 412 g/mol. The van der Waals surface area contributed by atoms with Gasteiger partial charge in [-0.1, -0.05) is 0 Å². The Morgan fingerprint density at radius 3 is 2.24 bits per heavy atom. The molecule has 0 unspecified atom stereocenters. The lowest BCUT2D eigenvalue weighted by molar-refractivity contribution is -0.111. The quantitative estimate of drug-likeness (QED) is 0.600. The second-order valence-electron chi connectivity index (χ2n) is 6.38. The average Bonchev–Trinajstić information content (AvgIpc) is 3.04. The summed E-state index contributed by atoms with van der Waals surface area (Å²) in [5, 5.41) is 2.65. The van der Waals surface area contributed by atoms with Gasteiger partial charge in [0.1, 0.15) is 11.5 Å². The first kappa shape index (κ1) is 20.3. The van der Waals surface area contributed by atoms with Gasteiger partial charge in [0.15, 0.2) is 0 Å². The van der Waals surface area contributed by atoms with E-state index in [-0.39, 0.29) is 16.8 Å². The van der Waals surface area contributed by atoms with Crippen LogP contribution in [0.3, 0.4) is 0 Å². The second kappa shape index (κ2) is 8.27. The Balaban J connectivity index is 1.67. The molecule has 0 aliphatic rings. The van der Waals surface area contributed by atoms with E-state index in [0.29, 0.717) is 22.8 Å². The fourth-order valence-electron chi connectivity index (χ4n) is 2.55. The molecular formula is C20H20N4O4S. The lowest BCUT2D eigenvalue weighted by Crippen LogP contribution is -2.16. The lowest BCUT2D eigenvalue weighted by atomic mass is 10.3. The molecule has 2 heterocycles. The van der Waals surface area contributed by atoms with Crippen LogP contribution in [0.15, 0.2) is 57.9 Å². The Kier molecular flexibility index (Phi) is 5.79. The summed E-state index contributed by atoms with van der Waals surface area (Å²) in [5.41, 5.74) is 1.77. The van der Waals surface area contributed by atoms with Crippen LogP contribution in [0.2, 0.25) is 0 Å². The molecule has 2 aromatic heterocycles. The molecule has 0 fully saturated rings. The van der Waals surface area contributed by atoms with Crippen molar-refractivity contribution >= 4 is 33.6 Å². The summed E-state index contributed by atoms with van der Waals surface area (Å²) in [7, 11) is -3.85. The SMILES string of the molecule is Cc1cc(C)nc(NS(=O)(=O)c2ccc(NC(=O)/C=C/c3ccc(C)o3)cc2)n1. The summed E-state index contributed by atoms with van der Waals surface area (Å²) in [4.78, 5) is 20.2. The van der Waals surface area contributed by atoms with E-state index in [9.17, 15) is 13.2 Å². The smallest absolute Gasteiger partial charge is 0.264 e. The third kappa shape index (κ3) is 5.52. The van der Waals surface area contributed by atoms with E-state index in [4.69, 9.17) is 4.42 Å². The molecule has 3 rings (SSSR count). The van der Waals surface area contributed by atoms with E-state index in [2.05, 4.69) is 20.0 Å². The number of aryl methyl sites for hydroxylation is 3. The monoisotopic (exact) mass is 412 g/mol. The summed E-state index contributed by atoms with van der Waals surface area (Å²) in [6.07, 6.45) is 2.89. The molecule has 3 aromatic rings. The summed E-state index contributed by atoms with van der Waals surface area (Å²) in [6, 6.07) is 11.1. The Bertz CT molecular complexity index is 1150. The fraction of sp³-hybridized carbons (Fsp3) is 0.150. The number of amides is 1. The van der Waals surface area contributed by atoms with Crippen molar-refractivity contribution in [3.05, 3.63) is 71.4 Å². The minimum absolute atomic E-state index is 0.0122. The molecule has 0 saturated carbocycles. The highest BCUT2D eigenvalue weighted by Gasteiger charge is 2.16. The van der Waals surface area contributed by atoms with Crippen LogP contribution in [-0.2, 0) is 14.8 Å². The molecule has 150 valence electrons. The van der Waals surface area contributed by atoms with Gasteiger partial charge in [-0.25, -0.2) is 23.1 Å². The second-order valence-corrected chi connectivity index (χ2v) is 8.06. The molecule has 1 aromatic carbocycles. The van der Waals surface area contributed by atoms with Gasteiger partial charge in [-0.15, -0.1) is 0 Å². The van der Waals surface area contributed by atoms with Crippen LogP contribution in [-0.4, -0.2) is 24.3 Å². The first-order chi connectivity index (χ1) is 13.7. The predicted molar refractivity (Wildman–Crippen MR) is 110 cm³/mol. The highest BCUT2D eigenvalue weighted by atomic mass is 32.2. The van der Waals surface area contributed by atoms with Crippen LogP contribution in [0.4, 0.5) is 11.6 Å². The van der Waals surface area contributed by atoms with Crippen molar-refractivity contribution in [1.82, 2.24) is 9.97 Å². The summed E-state index contributed by atoms with van der Waals surface area (Å²) < 4.78 is 32.7. The number of nitrogens with one attached hydrogen (secondary N) is 2. The Labute approximate surface area is 168 Å². The van der Waals surface area contributed by atoms with Crippen LogP contribution in [0.25, 0.3) is 6.08 Å². The molecule has 0 spiro atoms. The Morgan fingerprint density at radius 2 is 1.66 bits per heavy atom. The molecule has 29 heavy (non-hydrogen) atoms. The van der Waals surface area contributed by atoms with Crippen LogP contribution in [0, 0.1) is 20.8 Å². The molecule has 0 radical (unpaired) electrons. The normalized spacial score (nSPS) is 11.6. The van der Waals surface area contributed by atoms with Crippen molar-refractivity contribution in [1.29, 1.82) is 0 Å². The fourth-order valence-corrected chi connectivity index (χ4v) is 3.50. The number of sulfonamides is 1. The zero-order chi connectivity index (χ0) is 21.0. The number of hydrogen-bond donors (Lipinski definition) is 2. The summed E-state index contributed by atoms with van der Waals surface area (Å²) in [6.45, 7) is 5.32. The van der Waals surface area contributed by atoms with Crippen LogP contribution >= 0.6 is 0 Å². The van der Waals surface area contributed by atoms with Gasteiger partial charge in [0, 0.05) is 23.2 Å². The van der Waals surface area contributed by atoms with Gasteiger partial charge >= 0.3 is 0 Å². The minimum atomic E-state index is -3.85. The van der Waals surface area contributed by atoms with Crippen LogP contribution < -0.4 is 10.0 Å². The van der Waals surface area contributed by atoms with Crippen LogP contribution in [0.5, 0.6) is 0 Å². The maximum absolute atomic E-state index is 12.5. The number of carbonyl (C=O) groups is 1. The summed E-state index contributed by atoms with van der Waals surface area (Å²) >= 11 is 0. The number of hydrogen-bond acceptors (Lipinski definition) is 6. The lowest BCUT2D eigenvalue weighted by Gasteiger charge is -2.09.